The Balaban J connectivity index is 2.27. The molecule has 0 heteroatoms. The van der Waals surface area contributed by atoms with Crippen LogP contribution >= 0.6 is 0 Å². The van der Waals surface area contributed by atoms with Gasteiger partial charge in [-0.1, -0.05) is 42.9 Å². The monoisotopic (exact) mass is 172 g/mol. The van der Waals surface area contributed by atoms with Crippen LogP contribution in [0.2, 0.25) is 0 Å². The molecule has 0 radical (unpaired) electrons. The molecule has 13 heavy (non-hydrogen) atoms. The van der Waals surface area contributed by atoms with Gasteiger partial charge in [-0.25, -0.2) is 0 Å². The number of allylic oxidation sites excluding steroid dienone is 8. The third-order valence-electron chi connectivity index (χ3n) is 2.73. The Morgan fingerprint density at radius 1 is 0.615 bits per heavy atom. The van der Waals surface area contributed by atoms with Crippen molar-refractivity contribution >= 4 is 0 Å². The molecule has 2 aliphatic carbocycles. The van der Waals surface area contributed by atoms with Crippen LogP contribution in [0.4, 0.5) is 0 Å². The summed E-state index contributed by atoms with van der Waals surface area (Å²) in [7, 11) is 0. The van der Waals surface area contributed by atoms with Crippen LogP contribution in [-0.2, 0) is 0 Å². The average Bonchev–Trinajstić information content (AvgIpc) is 2.30. The molecule has 0 fully saturated rings. The van der Waals surface area contributed by atoms with Crippen molar-refractivity contribution in [1.82, 2.24) is 0 Å². The van der Waals surface area contributed by atoms with E-state index >= 15 is 0 Å². The summed E-state index contributed by atoms with van der Waals surface area (Å²) in [5.41, 5.74) is 3.11. The minimum absolute atomic E-state index is 1.27. The molecule has 0 saturated carbocycles. The molecule has 0 saturated heterocycles. The smallest absolute Gasteiger partial charge is 0.0276 e. The summed E-state index contributed by atoms with van der Waals surface area (Å²) in [4.78, 5) is 0. The van der Waals surface area contributed by atoms with Crippen LogP contribution in [0, 0.1) is 0 Å². The molecule has 0 heterocycles. The summed E-state index contributed by atoms with van der Waals surface area (Å²) in [5, 5.41) is 0. The Hall–Kier alpha value is -1.04. The summed E-state index contributed by atoms with van der Waals surface area (Å²) in [6.07, 6.45) is 19.7. The van der Waals surface area contributed by atoms with Crippen LogP contribution in [0.15, 0.2) is 47.6 Å². The minimum Gasteiger partial charge on any atom is -0.0623 e. The van der Waals surface area contributed by atoms with Crippen molar-refractivity contribution in [2.24, 2.45) is 0 Å². The van der Waals surface area contributed by atoms with Gasteiger partial charge in [0.15, 0.2) is 0 Å². The van der Waals surface area contributed by atoms with Crippen LogP contribution in [0.3, 0.4) is 0 Å². The maximum atomic E-state index is 2.28. The maximum Gasteiger partial charge on any atom is -0.0276 e. The fraction of sp³-hybridized carbons (Fsp3) is 0.385. The van der Waals surface area contributed by atoms with Gasteiger partial charge in [0.25, 0.3) is 0 Å². The van der Waals surface area contributed by atoms with Crippen molar-refractivity contribution in [3.63, 3.8) is 0 Å². The van der Waals surface area contributed by atoms with E-state index < -0.39 is 0 Å². The van der Waals surface area contributed by atoms with Gasteiger partial charge in [-0.3, -0.25) is 0 Å². The second-order valence-corrected chi connectivity index (χ2v) is 3.71. The Labute approximate surface area is 80.3 Å². The summed E-state index contributed by atoms with van der Waals surface area (Å²) in [6.45, 7) is 0. The van der Waals surface area contributed by atoms with Crippen LogP contribution in [-0.4, -0.2) is 0 Å². The zero-order valence-corrected chi connectivity index (χ0v) is 8.00. The molecule has 68 valence electrons. The Bertz CT molecular complexity index is 259. The normalized spacial score (nSPS) is 29.5. The predicted octanol–water partition coefficient (Wildman–Crippen LogP) is 3.93. The number of rotatable bonds is 0. The van der Waals surface area contributed by atoms with E-state index in [-0.39, 0.29) is 0 Å². The van der Waals surface area contributed by atoms with Gasteiger partial charge in [-0.05, 0) is 36.8 Å². The lowest BCUT2D eigenvalue weighted by Crippen LogP contribution is -1.85. The highest BCUT2D eigenvalue weighted by atomic mass is 14.1. The largest absolute Gasteiger partial charge is 0.0623 e. The molecular formula is C13H16. The summed E-state index contributed by atoms with van der Waals surface area (Å²) in [5.74, 6) is 0. The van der Waals surface area contributed by atoms with Crippen LogP contribution in [0.25, 0.3) is 0 Å². The zero-order valence-electron chi connectivity index (χ0n) is 8.00. The van der Waals surface area contributed by atoms with E-state index in [0.29, 0.717) is 0 Å². The fourth-order valence-corrected chi connectivity index (χ4v) is 1.98. The minimum atomic E-state index is 1.27. The average molecular weight is 172 g/mol. The van der Waals surface area contributed by atoms with Gasteiger partial charge in [0, 0.05) is 0 Å². The van der Waals surface area contributed by atoms with Gasteiger partial charge >= 0.3 is 0 Å². The molecule has 0 N–H and O–H groups in total. The lowest BCUT2D eigenvalue weighted by molar-refractivity contribution is 0.710. The third kappa shape index (κ3) is 2.21. The highest BCUT2D eigenvalue weighted by Gasteiger charge is 2.06. The molecule has 0 aliphatic heterocycles. The van der Waals surface area contributed by atoms with Crippen LogP contribution in [0.5, 0.6) is 0 Å². The van der Waals surface area contributed by atoms with Gasteiger partial charge in [-0.15, -0.1) is 0 Å². The maximum absolute atomic E-state index is 2.28. The molecule has 0 aromatic rings. The zero-order chi connectivity index (χ0) is 8.93. The van der Waals surface area contributed by atoms with Crippen LogP contribution in [0.1, 0.15) is 32.1 Å². The molecule has 0 atom stereocenters. The van der Waals surface area contributed by atoms with E-state index in [9.17, 15) is 0 Å². The second-order valence-electron chi connectivity index (χ2n) is 3.71. The molecule has 2 rings (SSSR count). The molecular weight excluding hydrogens is 156 g/mol. The Kier molecular flexibility index (Phi) is 2.81. The van der Waals surface area contributed by atoms with E-state index in [1.807, 2.05) is 0 Å². The van der Waals surface area contributed by atoms with Crippen molar-refractivity contribution < 1.29 is 0 Å². The lowest BCUT2D eigenvalue weighted by atomic mass is 10.0. The van der Waals surface area contributed by atoms with E-state index in [1.165, 1.54) is 32.1 Å². The van der Waals surface area contributed by atoms with E-state index in [2.05, 4.69) is 36.5 Å². The van der Waals surface area contributed by atoms with Crippen molar-refractivity contribution in [2.45, 2.75) is 32.1 Å². The SMILES string of the molecule is C1=C\C=C/C2=C(\C=C/1)CCCCC2. The van der Waals surface area contributed by atoms with E-state index in [0.717, 1.165) is 0 Å². The highest BCUT2D eigenvalue weighted by Crippen LogP contribution is 2.26. The third-order valence-corrected chi connectivity index (χ3v) is 2.73. The van der Waals surface area contributed by atoms with Crippen LogP contribution < -0.4 is 0 Å². The quantitative estimate of drug-likeness (QED) is 0.519. The summed E-state index contributed by atoms with van der Waals surface area (Å²) < 4.78 is 0. The Morgan fingerprint density at radius 2 is 1.15 bits per heavy atom. The first-order valence-corrected chi connectivity index (χ1v) is 5.20. The van der Waals surface area contributed by atoms with Crippen molar-refractivity contribution in [3.05, 3.63) is 47.6 Å². The first-order valence-electron chi connectivity index (χ1n) is 5.20. The number of hydrogen-bond donors (Lipinski definition) is 0. The van der Waals surface area contributed by atoms with Gasteiger partial charge in [0.2, 0.25) is 0 Å². The Morgan fingerprint density at radius 3 is 1.69 bits per heavy atom. The van der Waals surface area contributed by atoms with Crippen molar-refractivity contribution in [1.29, 1.82) is 0 Å². The molecule has 0 bridgehead atoms. The van der Waals surface area contributed by atoms with Gasteiger partial charge < -0.3 is 0 Å². The molecule has 0 aromatic carbocycles. The van der Waals surface area contributed by atoms with Crippen molar-refractivity contribution in [3.8, 4) is 0 Å². The molecule has 2 aliphatic rings. The number of hydrogen-bond acceptors (Lipinski definition) is 0. The summed E-state index contributed by atoms with van der Waals surface area (Å²) >= 11 is 0. The standard InChI is InChI=1S/C13H16/c1-2-5-9-13-11-7-3-6-10-12(13)8-4-1/h1-2,4-5,8-9H,3,6-7,10-11H2/b2-1-,4-1?,5-2?,8-4-,9-5-,12-8?,13-9?. The molecule has 0 amide bonds. The second kappa shape index (κ2) is 4.27. The lowest BCUT2D eigenvalue weighted by Gasteiger charge is -2.05. The molecule has 0 aromatic heterocycles. The van der Waals surface area contributed by atoms with Gasteiger partial charge in [-0.2, -0.15) is 0 Å². The van der Waals surface area contributed by atoms with Gasteiger partial charge in [0.1, 0.15) is 0 Å². The van der Waals surface area contributed by atoms with E-state index in [1.54, 1.807) is 11.1 Å². The molecule has 0 nitrogen and oxygen atoms in total. The van der Waals surface area contributed by atoms with Gasteiger partial charge in [0.05, 0.1) is 0 Å². The summed E-state index contributed by atoms with van der Waals surface area (Å²) in [6, 6.07) is 0. The highest BCUT2D eigenvalue weighted by molar-refractivity contribution is 5.38. The van der Waals surface area contributed by atoms with Crippen molar-refractivity contribution in [2.75, 3.05) is 0 Å². The van der Waals surface area contributed by atoms with E-state index in [4.69, 9.17) is 0 Å². The first-order chi connectivity index (χ1) is 6.47. The fourth-order valence-electron chi connectivity index (χ4n) is 1.98. The first kappa shape index (κ1) is 8.55. The predicted molar refractivity (Wildman–Crippen MR) is 57.5 cm³/mol. The molecule has 0 unspecified atom stereocenters. The topological polar surface area (TPSA) is 0 Å². The molecule has 0 spiro atoms.